The van der Waals surface area contributed by atoms with Gasteiger partial charge in [0.1, 0.15) is 22.2 Å². The van der Waals surface area contributed by atoms with E-state index >= 15 is 0 Å². The number of rotatable bonds is 4. The maximum Gasteiger partial charge on any atom is 0.244 e. The van der Waals surface area contributed by atoms with Gasteiger partial charge in [-0.05, 0) is 59.4 Å². The van der Waals surface area contributed by atoms with Gasteiger partial charge in [0.05, 0.1) is 4.47 Å². The Morgan fingerprint density at radius 1 is 1.24 bits per heavy atom. The summed E-state index contributed by atoms with van der Waals surface area (Å²) in [6.07, 6.45) is 0. The molecule has 5 nitrogen and oxygen atoms in total. The number of hydrogen-bond acceptors (Lipinski definition) is 4. The number of nitrogen functional groups attached to an aromatic ring is 1. The molecule has 0 fully saturated rings. The minimum Gasteiger partial charge on any atom is -0.456 e. The van der Waals surface area contributed by atoms with Crippen molar-refractivity contribution in [3.63, 3.8) is 0 Å². The lowest BCUT2D eigenvalue weighted by Gasteiger charge is -2.12. The first-order chi connectivity index (χ1) is 9.83. The molecule has 0 aliphatic heterocycles. The predicted molar refractivity (Wildman–Crippen MR) is 81.3 cm³/mol. The Balaban J connectivity index is 2.47. The number of anilines is 1. The van der Waals surface area contributed by atoms with Gasteiger partial charge in [0.25, 0.3) is 0 Å². The summed E-state index contributed by atoms with van der Waals surface area (Å²) in [5, 5.41) is 0. The van der Waals surface area contributed by atoms with Gasteiger partial charge in [-0.25, -0.2) is 17.5 Å². The molecule has 0 amide bonds. The Morgan fingerprint density at radius 3 is 2.57 bits per heavy atom. The average Bonchev–Trinajstić information content (AvgIpc) is 2.44. The molecular formula is C13H12BrFN2O3S. The first-order valence-corrected chi connectivity index (χ1v) is 8.07. The highest BCUT2D eigenvalue weighted by atomic mass is 79.9. The molecule has 0 aliphatic rings. The molecule has 0 saturated carbocycles. The smallest absolute Gasteiger partial charge is 0.244 e. The summed E-state index contributed by atoms with van der Waals surface area (Å²) in [7, 11) is -2.44. The van der Waals surface area contributed by atoms with Crippen LogP contribution in [-0.4, -0.2) is 15.5 Å². The van der Waals surface area contributed by atoms with Crippen LogP contribution in [0.5, 0.6) is 11.5 Å². The highest BCUT2D eigenvalue weighted by Crippen LogP contribution is 2.32. The minimum absolute atomic E-state index is 0.0922. The molecular weight excluding hydrogens is 363 g/mol. The van der Waals surface area contributed by atoms with E-state index in [1.807, 2.05) is 0 Å². The van der Waals surface area contributed by atoms with Crippen molar-refractivity contribution in [2.45, 2.75) is 4.90 Å². The second kappa shape index (κ2) is 6.00. The van der Waals surface area contributed by atoms with Gasteiger partial charge in [0.2, 0.25) is 10.0 Å². The Bertz CT molecular complexity index is 781. The highest BCUT2D eigenvalue weighted by molar-refractivity contribution is 9.10. The molecule has 2 aromatic carbocycles. The van der Waals surface area contributed by atoms with Crippen molar-refractivity contribution < 1.29 is 17.5 Å². The standard InChI is InChI=1S/C13H12BrFN2O3S/c1-17-21(18,19)13-6-8(16)2-5-12(13)20-9-3-4-11(15)10(14)7-9/h2-7,17H,16H2,1H3. The first-order valence-electron chi connectivity index (χ1n) is 5.79. The molecule has 112 valence electrons. The van der Waals surface area contributed by atoms with E-state index in [2.05, 4.69) is 20.7 Å². The summed E-state index contributed by atoms with van der Waals surface area (Å²) in [5.74, 6) is -0.0552. The second-order valence-corrected chi connectivity index (χ2v) is 6.80. The quantitative estimate of drug-likeness (QED) is 0.806. The summed E-state index contributed by atoms with van der Waals surface area (Å²) >= 11 is 3.04. The maximum atomic E-state index is 13.2. The molecule has 2 aromatic rings. The summed E-state index contributed by atoms with van der Waals surface area (Å²) in [5.41, 5.74) is 5.90. The molecule has 0 bridgehead atoms. The van der Waals surface area contributed by atoms with Crippen LogP contribution >= 0.6 is 15.9 Å². The molecule has 0 saturated heterocycles. The summed E-state index contributed by atoms with van der Waals surface area (Å²) in [6.45, 7) is 0. The highest BCUT2D eigenvalue weighted by Gasteiger charge is 2.19. The zero-order valence-corrected chi connectivity index (χ0v) is 13.3. The monoisotopic (exact) mass is 374 g/mol. The van der Waals surface area contributed by atoms with Gasteiger partial charge in [0, 0.05) is 5.69 Å². The molecule has 21 heavy (non-hydrogen) atoms. The molecule has 2 rings (SSSR count). The van der Waals surface area contributed by atoms with Gasteiger partial charge in [-0.2, -0.15) is 0 Å². The van der Waals surface area contributed by atoms with Gasteiger partial charge in [-0.3, -0.25) is 0 Å². The Morgan fingerprint density at radius 2 is 1.95 bits per heavy atom. The van der Waals surface area contributed by atoms with Crippen LogP contribution < -0.4 is 15.2 Å². The van der Waals surface area contributed by atoms with E-state index in [0.717, 1.165) is 0 Å². The van der Waals surface area contributed by atoms with Gasteiger partial charge in [-0.15, -0.1) is 0 Å². The van der Waals surface area contributed by atoms with Crippen molar-refractivity contribution in [1.29, 1.82) is 0 Å². The fraction of sp³-hybridized carbons (Fsp3) is 0.0769. The predicted octanol–water partition coefficient (Wildman–Crippen LogP) is 2.87. The van der Waals surface area contributed by atoms with Gasteiger partial charge >= 0.3 is 0 Å². The van der Waals surface area contributed by atoms with E-state index in [0.29, 0.717) is 5.75 Å². The zero-order chi connectivity index (χ0) is 15.6. The Labute approximate surface area is 130 Å². The lowest BCUT2D eigenvalue weighted by Crippen LogP contribution is -2.19. The number of nitrogens with two attached hydrogens (primary N) is 1. The SMILES string of the molecule is CNS(=O)(=O)c1cc(N)ccc1Oc1ccc(F)c(Br)c1. The molecule has 0 radical (unpaired) electrons. The summed E-state index contributed by atoms with van der Waals surface area (Å²) in [6, 6.07) is 8.26. The van der Waals surface area contributed by atoms with Crippen molar-refractivity contribution >= 4 is 31.6 Å². The normalized spacial score (nSPS) is 11.4. The van der Waals surface area contributed by atoms with Crippen LogP contribution in [-0.2, 0) is 10.0 Å². The summed E-state index contributed by atoms with van der Waals surface area (Å²) < 4.78 is 45.1. The maximum absolute atomic E-state index is 13.2. The topological polar surface area (TPSA) is 81.4 Å². The van der Waals surface area contributed by atoms with Crippen LogP contribution in [0.15, 0.2) is 45.8 Å². The third-order valence-electron chi connectivity index (χ3n) is 2.64. The van der Waals surface area contributed by atoms with Crippen LogP contribution in [0.3, 0.4) is 0 Å². The molecule has 3 N–H and O–H groups in total. The van der Waals surface area contributed by atoms with E-state index in [1.165, 1.54) is 43.4 Å². The van der Waals surface area contributed by atoms with Gasteiger partial charge in [0.15, 0.2) is 0 Å². The van der Waals surface area contributed by atoms with Crippen LogP contribution in [0.25, 0.3) is 0 Å². The lowest BCUT2D eigenvalue weighted by atomic mass is 10.3. The first kappa shape index (κ1) is 15.7. The van der Waals surface area contributed by atoms with Crippen molar-refractivity contribution in [2.24, 2.45) is 0 Å². The van der Waals surface area contributed by atoms with Crippen LogP contribution in [0.4, 0.5) is 10.1 Å². The second-order valence-electron chi connectivity index (χ2n) is 4.09. The summed E-state index contributed by atoms with van der Waals surface area (Å²) in [4.78, 5) is -0.0922. The molecule has 0 heterocycles. The van der Waals surface area contributed by atoms with E-state index in [9.17, 15) is 12.8 Å². The van der Waals surface area contributed by atoms with E-state index < -0.39 is 15.8 Å². The Kier molecular flexibility index (Phi) is 4.50. The minimum atomic E-state index is -3.73. The van der Waals surface area contributed by atoms with Gasteiger partial charge < -0.3 is 10.5 Å². The number of nitrogens with one attached hydrogen (secondary N) is 1. The third-order valence-corrected chi connectivity index (χ3v) is 4.69. The zero-order valence-electron chi connectivity index (χ0n) is 10.9. The van der Waals surface area contributed by atoms with E-state index in [1.54, 1.807) is 0 Å². The lowest BCUT2D eigenvalue weighted by molar-refractivity contribution is 0.464. The molecule has 8 heteroatoms. The van der Waals surface area contributed by atoms with Crippen molar-refractivity contribution in [3.8, 4) is 11.5 Å². The van der Waals surface area contributed by atoms with Crippen molar-refractivity contribution in [3.05, 3.63) is 46.7 Å². The van der Waals surface area contributed by atoms with Crippen molar-refractivity contribution in [2.75, 3.05) is 12.8 Å². The molecule has 0 atom stereocenters. The molecule has 0 aliphatic carbocycles. The molecule has 0 spiro atoms. The molecule has 0 unspecified atom stereocenters. The van der Waals surface area contributed by atoms with Gasteiger partial charge in [-0.1, -0.05) is 0 Å². The average molecular weight is 375 g/mol. The van der Waals surface area contributed by atoms with E-state index in [4.69, 9.17) is 10.5 Å². The fourth-order valence-electron chi connectivity index (χ4n) is 1.60. The van der Waals surface area contributed by atoms with Crippen LogP contribution in [0.1, 0.15) is 0 Å². The number of benzene rings is 2. The van der Waals surface area contributed by atoms with Crippen LogP contribution in [0, 0.1) is 5.82 Å². The molecule has 0 aromatic heterocycles. The van der Waals surface area contributed by atoms with E-state index in [-0.39, 0.29) is 20.8 Å². The number of ether oxygens (including phenoxy) is 1. The Hall–Kier alpha value is -1.64. The largest absolute Gasteiger partial charge is 0.456 e. The fourth-order valence-corrected chi connectivity index (χ4v) is 2.84. The number of hydrogen-bond donors (Lipinski definition) is 2. The number of sulfonamides is 1. The third kappa shape index (κ3) is 3.52. The van der Waals surface area contributed by atoms with Crippen LogP contribution in [0.2, 0.25) is 0 Å². The van der Waals surface area contributed by atoms with Crippen molar-refractivity contribution in [1.82, 2.24) is 4.72 Å². The number of halogens is 2.